The lowest BCUT2D eigenvalue weighted by atomic mass is 9.93. The van der Waals surface area contributed by atoms with E-state index in [1.165, 1.54) is 24.0 Å². The van der Waals surface area contributed by atoms with Crippen LogP contribution in [0, 0.1) is 0 Å². The van der Waals surface area contributed by atoms with Crippen LogP contribution in [0.1, 0.15) is 61.0 Å². The molecule has 0 radical (unpaired) electrons. The van der Waals surface area contributed by atoms with Crippen LogP contribution in [-0.2, 0) is 39.4 Å². The molecule has 1 aromatic heterocycles. The van der Waals surface area contributed by atoms with Crippen LogP contribution in [0.3, 0.4) is 0 Å². The number of aliphatic carboxylic acids is 1. The van der Waals surface area contributed by atoms with Gasteiger partial charge in [0.05, 0.1) is 22.7 Å². The highest BCUT2D eigenvalue weighted by Crippen LogP contribution is 2.49. The fraction of sp³-hybridized carbons (Fsp3) is 0.524. The van der Waals surface area contributed by atoms with Crippen molar-refractivity contribution >= 4 is 16.0 Å². The Morgan fingerprint density at radius 2 is 2.00 bits per heavy atom. The molecule has 0 bridgehead atoms. The molecule has 1 unspecified atom stereocenters. The maximum Gasteiger partial charge on any atom is 0.416 e. The predicted molar refractivity (Wildman–Crippen MR) is 109 cm³/mol. The van der Waals surface area contributed by atoms with Gasteiger partial charge in [0.25, 0.3) is 0 Å². The Bertz CT molecular complexity index is 1150. The second kappa shape index (κ2) is 7.58. The molecule has 1 saturated carbocycles. The molecule has 0 aliphatic heterocycles. The molecule has 1 atom stereocenters. The van der Waals surface area contributed by atoms with Crippen LogP contribution in [0.4, 0.5) is 13.2 Å². The quantitative estimate of drug-likeness (QED) is 0.693. The van der Waals surface area contributed by atoms with E-state index in [0.29, 0.717) is 55.0 Å². The normalized spacial score (nSPS) is 20.2. The average Bonchev–Trinajstić information content (AvgIpc) is 3.35. The topological polar surface area (TPSA) is 92.5 Å². The van der Waals surface area contributed by atoms with Gasteiger partial charge in [0.1, 0.15) is 6.54 Å². The number of sulfonamides is 1. The van der Waals surface area contributed by atoms with Crippen LogP contribution in [0.25, 0.3) is 0 Å². The molecular weight excluding hydrogens is 447 g/mol. The molecule has 1 N–H and O–H groups in total. The summed E-state index contributed by atoms with van der Waals surface area (Å²) in [5.74, 6) is -1.07. The first kappa shape index (κ1) is 22.8. The number of alkyl halides is 3. The Hall–Kier alpha value is -2.40. The minimum atomic E-state index is -4.67. The Morgan fingerprint density at radius 1 is 1.31 bits per heavy atom. The van der Waals surface area contributed by atoms with Crippen molar-refractivity contribution in [1.29, 1.82) is 0 Å². The zero-order valence-electron chi connectivity index (χ0n) is 17.7. The van der Waals surface area contributed by atoms with Gasteiger partial charge in [-0.3, -0.25) is 9.48 Å². The molecule has 1 heterocycles. The zero-order chi connectivity index (χ0) is 23.5. The molecule has 4 rings (SSSR count). The van der Waals surface area contributed by atoms with Crippen LogP contribution >= 0.6 is 0 Å². The third-order valence-electron chi connectivity index (χ3n) is 6.56. The number of hydrogen-bond acceptors (Lipinski definition) is 4. The minimum absolute atomic E-state index is 0.339. The third kappa shape index (κ3) is 4.03. The van der Waals surface area contributed by atoms with Crippen molar-refractivity contribution in [3.05, 3.63) is 46.8 Å². The summed E-state index contributed by atoms with van der Waals surface area (Å²) in [7, 11) is -2.90. The van der Waals surface area contributed by atoms with Crippen LogP contribution in [0.5, 0.6) is 0 Å². The van der Waals surface area contributed by atoms with Crippen molar-refractivity contribution in [2.45, 2.75) is 68.1 Å². The second-order valence-electron chi connectivity index (χ2n) is 8.83. The molecule has 2 aliphatic rings. The molecule has 0 saturated heterocycles. The van der Waals surface area contributed by atoms with Crippen LogP contribution in [0.2, 0.25) is 0 Å². The molecule has 7 nitrogen and oxygen atoms in total. The number of aromatic nitrogens is 2. The van der Waals surface area contributed by atoms with Crippen molar-refractivity contribution in [3.8, 4) is 0 Å². The van der Waals surface area contributed by atoms with Crippen LogP contribution < -0.4 is 0 Å². The van der Waals surface area contributed by atoms with Crippen LogP contribution in [-0.4, -0.2) is 40.6 Å². The maximum absolute atomic E-state index is 13.5. The summed E-state index contributed by atoms with van der Waals surface area (Å²) in [5, 5.41) is 13.2. The van der Waals surface area contributed by atoms with Gasteiger partial charge in [-0.15, -0.1) is 0 Å². The molecule has 1 aromatic carbocycles. The summed E-state index contributed by atoms with van der Waals surface area (Å²) in [6.45, 7) is 1.49. The fourth-order valence-corrected chi connectivity index (χ4v) is 5.75. The maximum atomic E-state index is 13.5. The predicted octanol–water partition coefficient (Wildman–Crippen LogP) is 3.74. The monoisotopic (exact) mass is 471 g/mol. The number of carboxylic acid groups (broad SMARTS) is 1. The highest BCUT2D eigenvalue weighted by molar-refractivity contribution is 7.89. The van der Waals surface area contributed by atoms with Gasteiger partial charge in [-0.05, 0) is 61.3 Å². The summed E-state index contributed by atoms with van der Waals surface area (Å²) in [6, 6.07) is 2.45. The van der Waals surface area contributed by atoms with Gasteiger partial charge in [-0.25, -0.2) is 8.42 Å². The summed E-state index contributed by atoms with van der Waals surface area (Å²) in [5.41, 5.74) is 0.178. The minimum Gasteiger partial charge on any atom is -0.480 e. The van der Waals surface area contributed by atoms with E-state index >= 15 is 0 Å². The molecule has 0 spiro atoms. The van der Waals surface area contributed by atoms with Crippen molar-refractivity contribution in [2.75, 3.05) is 7.05 Å². The molecule has 2 aromatic rings. The highest BCUT2D eigenvalue weighted by Gasteiger charge is 2.43. The Morgan fingerprint density at radius 3 is 2.59 bits per heavy atom. The van der Waals surface area contributed by atoms with E-state index in [9.17, 15) is 26.4 Å². The van der Waals surface area contributed by atoms with E-state index in [4.69, 9.17) is 5.11 Å². The number of nitrogens with zero attached hydrogens (tertiary/aromatic N) is 3. The Kier molecular flexibility index (Phi) is 5.40. The SMILES string of the molecule is CN(C1CCCc2c1cnn2CC(=O)O)S(=O)(=O)c1cc(C(F)(F)F)cc(C2(C)CC2)c1. The van der Waals surface area contributed by atoms with E-state index in [1.807, 2.05) is 6.92 Å². The fourth-order valence-electron chi connectivity index (χ4n) is 4.31. The van der Waals surface area contributed by atoms with Gasteiger partial charge in [-0.1, -0.05) is 6.92 Å². The van der Waals surface area contributed by atoms with E-state index < -0.39 is 39.2 Å². The van der Waals surface area contributed by atoms with Gasteiger partial charge in [-0.2, -0.15) is 22.6 Å². The number of carbonyl (C=O) groups is 1. The molecule has 1 fully saturated rings. The van der Waals surface area contributed by atoms with E-state index in [2.05, 4.69) is 5.10 Å². The van der Waals surface area contributed by atoms with Crippen molar-refractivity contribution < 1.29 is 31.5 Å². The first-order chi connectivity index (χ1) is 14.8. The number of halogens is 3. The van der Waals surface area contributed by atoms with Gasteiger partial charge >= 0.3 is 12.1 Å². The van der Waals surface area contributed by atoms with E-state index in [1.54, 1.807) is 0 Å². The van der Waals surface area contributed by atoms with Gasteiger partial charge in [0.15, 0.2) is 0 Å². The Labute approximate surface area is 183 Å². The molecule has 32 heavy (non-hydrogen) atoms. The van der Waals surface area contributed by atoms with Gasteiger partial charge in [0, 0.05) is 18.3 Å². The number of rotatable bonds is 6. The molecule has 174 valence electrons. The molecule has 2 aliphatic carbocycles. The standard InChI is InChI=1S/C21H24F3N3O4S/c1-20(6-7-20)13-8-14(21(22,23)24)10-15(9-13)32(30,31)26(2)17-4-3-5-18-16(17)11-25-27(18)12-19(28)29/h8-11,17H,3-7,12H2,1-2H3,(H,28,29). The Balaban J connectivity index is 1.74. The first-order valence-electron chi connectivity index (χ1n) is 10.3. The lowest BCUT2D eigenvalue weighted by Gasteiger charge is -2.31. The second-order valence-corrected chi connectivity index (χ2v) is 10.8. The van der Waals surface area contributed by atoms with E-state index in [0.717, 1.165) is 10.4 Å². The number of carboxylic acids is 1. The van der Waals surface area contributed by atoms with Crippen LogP contribution in [0.15, 0.2) is 29.3 Å². The summed E-state index contributed by atoms with van der Waals surface area (Å²) in [4.78, 5) is 10.7. The number of fused-ring (bicyclic) bond motifs is 1. The zero-order valence-corrected chi connectivity index (χ0v) is 18.5. The van der Waals surface area contributed by atoms with Crippen molar-refractivity contribution in [1.82, 2.24) is 14.1 Å². The number of benzene rings is 1. The summed E-state index contributed by atoms with van der Waals surface area (Å²) >= 11 is 0. The lowest BCUT2D eigenvalue weighted by Crippen LogP contribution is -2.34. The highest BCUT2D eigenvalue weighted by atomic mass is 32.2. The van der Waals surface area contributed by atoms with Gasteiger partial charge in [0.2, 0.25) is 10.0 Å². The van der Waals surface area contributed by atoms with E-state index in [-0.39, 0.29) is 11.4 Å². The molecule has 11 heteroatoms. The van der Waals surface area contributed by atoms with Crippen molar-refractivity contribution in [2.24, 2.45) is 0 Å². The molecule has 0 amide bonds. The lowest BCUT2D eigenvalue weighted by molar-refractivity contribution is -0.138. The van der Waals surface area contributed by atoms with Gasteiger partial charge < -0.3 is 5.11 Å². The first-order valence-corrected chi connectivity index (χ1v) is 11.7. The third-order valence-corrected chi connectivity index (χ3v) is 8.41. The van der Waals surface area contributed by atoms with Crippen molar-refractivity contribution in [3.63, 3.8) is 0 Å². The number of hydrogen-bond donors (Lipinski definition) is 1. The summed E-state index contributed by atoms with van der Waals surface area (Å²) < 4.78 is 69.9. The molecular formula is C21H24F3N3O4S. The average molecular weight is 472 g/mol. The largest absolute Gasteiger partial charge is 0.480 e. The summed E-state index contributed by atoms with van der Waals surface area (Å²) in [6.07, 6.45) is -0.174. The smallest absolute Gasteiger partial charge is 0.416 e.